The van der Waals surface area contributed by atoms with Gasteiger partial charge in [-0.1, -0.05) is 25.3 Å². The number of carbonyl (C=O) groups is 2. The van der Waals surface area contributed by atoms with E-state index in [4.69, 9.17) is 0 Å². The van der Waals surface area contributed by atoms with Crippen molar-refractivity contribution < 1.29 is 18.4 Å². The van der Waals surface area contributed by atoms with Crippen molar-refractivity contribution in [1.82, 2.24) is 0 Å². The minimum absolute atomic E-state index is 0.176. The van der Waals surface area contributed by atoms with Crippen LogP contribution in [0.3, 0.4) is 0 Å². The minimum atomic E-state index is -0.764. The second kappa shape index (κ2) is 8.27. The van der Waals surface area contributed by atoms with Crippen LogP contribution in [-0.4, -0.2) is 10.2 Å². The molecule has 0 aliphatic rings. The highest BCUT2D eigenvalue weighted by Gasteiger charge is 2.16. The summed E-state index contributed by atoms with van der Waals surface area (Å²) in [5, 5.41) is -0.562. The van der Waals surface area contributed by atoms with Gasteiger partial charge in [0.15, 0.2) is 0 Å². The van der Waals surface area contributed by atoms with Gasteiger partial charge in [-0.05, 0) is 71.9 Å². The Morgan fingerprint density at radius 1 is 1.00 bits per heavy atom. The molecule has 2 aromatic rings. The van der Waals surface area contributed by atoms with Gasteiger partial charge < -0.3 is 0 Å². The molecular weight excluding hydrogens is 362 g/mol. The highest BCUT2D eigenvalue weighted by molar-refractivity contribution is 8.14. The normalized spacial score (nSPS) is 10.4. The zero-order chi connectivity index (χ0) is 18.6. The summed E-state index contributed by atoms with van der Waals surface area (Å²) in [6, 6.07) is 8.51. The lowest BCUT2D eigenvalue weighted by molar-refractivity contribution is -0.108. The average Bonchev–Trinajstić information content (AvgIpc) is 2.55. The molecule has 0 radical (unpaired) electrons. The van der Waals surface area contributed by atoms with Crippen LogP contribution in [0, 0.1) is 11.6 Å². The first-order valence-electron chi connectivity index (χ1n) is 7.13. The molecule has 0 fully saturated rings. The summed E-state index contributed by atoms with van der Waals surface area (Å²) in [6.45, 7) is 8.42. The zero-order valence-corrected chi connectivity index (χ0v) is 15.0. The second-order valence-electron chi connectivity index (χ2n) is 5.08. The maximum Gasteiger partial charge on any atom is 0.219 e. The first kappa shape index (κ1) is 19.1. The molecule has 0 amide bonds. The van der Waals surface area contributed by atoms with Crippen molar-refractivity contribution in [3.8, 4) is 11.1 Å². The summed E-state index contributed by atoms with van der Waals surface area (Å²) < 4.78 is 28.7. The largest absolute Gasteiger partial charge is 0.282 e. The molecule has 0 heterocycles. The Morgan fingerprint density at radius 3 is 2.04 bits per heavy atom. The Bertz CT molecular complexity index is 835. The van der Waals surface area contributed by atoms with Crippen LogP contribution in [0.1, 0.15) is 6.92 Å². The SMILES string of the molecule is C=CC(=O)Sc1ccc(-c2c(F)cc(SC(=O)C(=C)C)cc2F)cc1. The van der Waals surface area contributed by atoms with Gasteiger partial charge in [-0.25, -0.2) is 8.78 Å². The number of benzene rings is 2. The second-order valence-corrected chi connectivity index (χ2v) is 7.21. The fourth-order valence-corrected chi connectivity index (χ4v) is 3.23. The van der Waals surface area contributed by atoms with Crippen LogP contribution in [0.5, 0.6) is 0 Å². The molecule has 0 saturated heterocycles. The third-order valence-electron chi connectivity index (χ3n) is 3.10. The van der Waals surface area contributed by atoms with Crippen molar-refractivity contribution in [3.05, 3.63) is 72.8 Å². The molecule has 2 nitrogen and oxygen atoms in total. The standard InChI is InChI=1S/C19H14F2O2S2/c1-4-17(22)24-13-7-5-12(6-8-13)18-15(20)9-14(10-16(18)21)25-19(23)11(2)3/h4-10H,1-2H2,3H3. The summed E-state index contributed by atoms with van der Waals surface area (Å²) in [5.41, 5.74) is 0.462. The van der Waals surface area contributed by atoms with Crippen LogP contribution in [-0.2, 0) is 9.59 Å². The van der Waals surface area contributed by atoms with Crippen LogP contribution >= 0.6 is 23.5 Å². The van der Waals surface area contributed by atoms with E-state index < -0.39 is 11.6 Å². The number of carbonyl (C=O) groups excluding carboxylic acids is 2. The highest BCUT2D eigenvalue weighted by Crippen LogP contribution is 2.32. The molecule has 0 aliphatic heterocycles. The Labute approximate surface area is 153 Å². The minimum Gasteiger partial charge on any atom is -0.282 e. The Balaban J connectivity index is 2.30. The summed E-state index contributed by atoms with van der Waals surface area (Å²) in [6.07, 6.45) is 1.20. The molecule has 6 heteroatoms. The highest BCUT2D eigenvalue weighted by atomic mass is 32.2. The van der Waals surface area contributed by atoms with E-state index in [9.17, 15) is 18.4 Å². The van der Waals surface area contributed by atoms with Gasteiger partial charge in [0.25, 0.3) is 0 Å². The summed E-state index contributed by atoms with van der Waals surface area (Å²) in [7, 11) is 0. The van der Waals surface area contributed by atoms with Crippen LogP contribution in [0.15, 0.2) is 71.0 Å². The number of thioether (sulfide) groups is 2. The van der Waals surface area contributed by atoms with E-state index in [-0.39, 0.29) is 20.7 Å². The van der Waals surface area contributed by atoms with Gasteiger partial charge in [-0.15, -0.1) is 0 Å². The van der Waals surface area contributed by atoms with Gasteiger partial charge in [0.2, 0.25) is 10.2 Å². The molecule has 0 atom stereocenters. The average molecular weight is 376 g/mol. The first-order chi connectivity index (χ1) is 11.8. The van der Waals surface area contributed by atoms with E-state index in [1.165, 1.54) is 25.1 Å². The maximum atomic E-state index is 14.4. The number of hydrogen-bond acceptors (Lipinski definition) is 4. The smallest absolute Gasteiger partial charge is 0.219 e. The van der Waals surface area contributed by atoms with E-state index in [1.807, 2.05) is 0 Å². The van der Waals surface area contributed by atoms with Gasteiger partial charge in [0, 0.05) is 9.79 Å². The predicted molar refractivity (Wildman–Crippen MR) is 98.5 cm³/mol. The number of hydrogen-bond donors (Lipinski definition) is 0. The molecule has 0 bridgehead atoms. The van der Waals surface area contributed by atoms with Crippen LogP contribution in [0.2, 0.25) is 0 Å². The Hall–Kier alpha value is -2.18. The third-order valence-corrected chi connectivity index (χ3v) is 4.98. The molecule has 2 rings (SSSR count). The molecule has 0 saturated carbocycles. The van der Waals surface area contributed by atoms with Gasteiger partial charge in [0.1, 0.15) is 11.6 Å². The van der Waals surface area contributed by atoms with Crippen molar-refractivity contribution in [2.24, 2.45) is 0 Å². The monoisotopic (exact) mass is 376 g/mol. The number of rotatable bonds is 5. The van der Waals surface area contributed by atoms with Crippen molar-refractivity contribution in [1.29, 1.82) is 0 Å². The van der Waals surface area contributed by atoms with Crippen LogP contribution < -0.4 is 0 Å². The lowest BCUT2D eigenvalue weighted by atomic mass is 10.0. The molecular formula is C19H14F2O2S2. The fraction of sp³-hybridized carbons (Fsp3) is 0.0526. The Kier molecular flexibility index (Phi) is 6.33. The van der Waals surface area contributed by atoms with E-state index in [0.717, 1.165) is 35.7 Å². The summed E-state index contributed by atoms with van der Waals surface area (Å²) >= 11 is 1.70. The molecule has 0 unspecified atom stereocenters. The van der Waals surface area contributed by atoms with Crippen molar-refractivity contribution >= 4 is 33.8 Å². The van der Waals surface area contributed by atoms with E-state index in [1.54, 1.807) is 12.1 Å². The first-order valence-corrected chi connectivity index (χ1v) is 8.76. The molecule has 0 spiro atoms. The van der Waals surface area contributed by atoms with Crippen molar-refractivity contribution in [2.75, 3.05) is 0 Å². The topological polar surface area (TPSA) is 34.1 Å². The quantitative estimate of drug-likeness (QED) is 0.500. The summed E-state index contributed by atoms with van der Waals surface area (Å²) in [5.74, 6) is -1.53. The Morgan fingerprint density at radius 2 is 1.56 bits per heavy atom. The molecule has 0 N–H and O–H groups in total. The van der Waals surface area contributed by atoms with Crippen LogP contribution in [0.4, 0.5) is 8.78 Å². The third kappa shape index (κ3) is 4.90. The predicted octanol–water partition coefficient (Wildman–Crippen LogP) is 5.63. The zero-order valence-electron chi connectivity index (χ0n) is 13.3. The lowest BCUT2D eigenvalue weighted by Crippen LogP contribution is -1.95. The number of halogens is 2. The summed E-state index contributed by atoms with van der Waals surface area (Å²) in [4.78, 5) is 23.8. The molecule has 0 aliphatic carbocycles. The van der Waals surface area contributed by atoms with E-state index in [2.05, 4.69) is 13.2 Å². The molecule has 2 aromatic carbocycles. The van der Waals surface area contributed by atoms with Gasteiger partial charge in [-0.3, -0.25) is 9.59 Å². The van der Waals surface area contributed by atoms with Gasteiger partial charge >= 0.3 is 0 Å². The van der Waals surface area contributed by atoms with E-state index >= 15 is 0 Å². The van der Waals surface area contributed by atoms with Crippen molar-refractivity contribution in [2.45, 2.75) is 16.7 Å². The lowest BCUT2D eigenvalue weighted by Gasteiger charge is -2.09. The van der Waals surface area contributed by atoms with Gasteiger partial charge in [0.05, 0.1) is 5.56 Å². The van der Waals surface area contributed by atoms with Gasteiger partial charge in [-0.2, -0.15) is 0 Å². The molecule has 0 aromatic heterocycles. The van der Waals surface area contributed by atoms with Crippen molar-refractivity contribution in [3.63, 3.8) is 0 Å². The van der Waals surface area contributed by atoms with E-state index in [0.29, 0.717) is 16.0 Å². The molecule has 128 valence electrons. The fourth-order valence-electron chi connectivity index (χ4n) is 1.93. The maximum absolute atomic E-state index is 14.4. The molecule has 25 heavy (non-hydrogen) atoms. The van der Waals surface area contributed by atoms with Crippen LogP contribution in [0.25, 0.3) is 11.1 Å².